The molecule has 0 atom stereocenters. The summed E-state index contributed by atoms with van der Waals surface area (Å²) in [6, 6.07) is 10.2. The Morgan fingerprint density at radius 1 is 0.833 bits per heavy atom. The Balaban J connectivity index is 1.88. The number of aromatic nitrogens is 1. The summed E-state index contributed by atoms with van der Waals surface area (Å²) >= 11 is 0. The number of hydrogen-bond donors (Lipinski definition) is 0. The minimum Gasteiger partial charge on any atom is -0.415 e. The van der Waals surface area contributed by atoms with Crippen LogP contribution in [-0.4, -0.2) is 35.6 Å². The zero-order chi connectivity index (χ0) is 22.4. The van der Waals surface area contributed by atoms with E-state index in [1.54, 1.807) is 24.5 Å². The van der Waals surface area contributed by atoms with Crippen molar-refractivity contribution in [1.82, 2.24) is 4.98 Å². The van der Waals surface area contributed by atoms with E-state index in [0.717, 1.165) is 11.1 Å². The van der Waals surface area contributed by atoms with Gasteiger partial charge >= 0.3 is 25.7 Å². The Hall–Kier alpha value is -1.74. The van der Waals surface area contributed by atoms with Gasteiger partial charge in [-0.05, 0) is 68.6 Å². The first-order valence-electron chi connectivity index (χ1n) is 9.68. The summed E-state index contributed by atoms with van der Waals surface area (Å²) in [4.78, 5) is 14.5. The van der Waals surface area contributed by atoms with E-state index < -0.39 is 30.6 Å². The van der Waals surface area contributed by atoms with Crippen LogP contribution in [0.4, 0.5) is 5.69 Å². The molecule has 0 bridgehead atoms. The highest BCUT2D eigenvalue weighted by Gasteiger charge is 2.41. The van der Waals surface area contributed by atoms with Gasteiger partial charge in [0.05, 0.1) is 18.1 Å². The minimum absolute atomic E-state index is 0.0620. The molecule has 0 aliphatic rings. The van der Waals surface area contributed by atoms with Gasteiger partial charge in [-0.25, -0.2) is 0 Å². The van der Waals surface area contributed by atoms with Crippen LogP contribution in [0.2, 0.25) is 39.3 Å². The Morgan fingerprint density at radius 2 is 1.37 bits per heavy atom. The predicted octanol–water partition coefficient (Wildman–Crippen LogP) is 4.86. The molecule has 0 aliphatic carbocycles. The number of nitro groups is 1. The molecule has 0 aliphatic heterocycles. The number of non-ortho nitro benzene ring substituents is 1. The molecular weight excluding hydrogens is 436 g/mol. The van der Waals surface area contributed by atoms with Crippen molar-refractivity contribution in [3.05, 3.63) is 70.0 Å². The first-order valence-corrected chi connectivity index (χ1v) is 18.1. The van der Waals surface area contributed by atoms with Crippen LogP contribution in [0.3, 0.4) is 0 Å². The van der Waals surface area contributed by atoms with Gasteiger partial charge in [0, 0.05) is 24.5 Å². The molecule has 0 spiro atoms. The van der Waals surface area contributed by atoms with Crippen molar-refractivity contribution in [2.24, 2.45) is 0 Å². The van der Waals surface area contributed by atoms with Crippen molar-refractivity contribution in [3.63, 3.8) is 0 Å². The highest BCUT2D eigenvalue weighted by molar-refractivity contribution is 6.84. The molecule has 0 radical (unpaired) electrons. The summed E-state index contributed by atoms with van der Waals surface area (Å²) in [6.45, 7) is 12.7. The van der Waals surface area contributed by atoms with Crippen molar-refractivity contribution in [2.75, 3.05) is 0 Å². The normalized spacial score (nSPS) is 12.7. The molecule has 2 rings (SSSR count). The van der Waals surface area contributed by atoms with Gasteiger partial charge in [0.2, 0.25) is 0 Å². The van der Waals surface area contributed by atoms with Crippen LogP contribution in [0, 0.1) is 10.1 Å². The highest BCUT2D eigenvalue weighted by Crippen LogP contribution is 2.23. The molecular formula is C19H30N2O6Si3. The fourth-order valence-corrected chi connectivity index (χ4v) is 14.5. The smallest absolute Gasteiger partial charge is 0.323 e. The summed E-state index contributed by atoms with van der Waals surface area (Å²) in [5.41, 5.74) is 1.93. The number of hydrogen-bond acceptors (Lipinski definition) is 7. The third-order valence-corrected chi connectivity index (χ3v) is 13.6. The zero-order valence-corrected chi connectivity index (χ0v) is 21.4. The molecule has 164 valence electrons. The van der Waals surface area contributed by atoms with Gasteiger partial charge < -0.3 is 17.1 Å². The third kappa shape index (κ3) is 8.55. The minimum atomic E-state index is -2.51. The predicted molar refractivity (Wildman–Crippen MR) is 122 cm³/mol. The Morgan fingerprint density at radius 3 is 1.83 bits per heavy atom. The molecule has 1 heterocycles. The summed E-state index contributed by atoms with van der Waals surface area (Å²) in [7, 11) is -7.40. The molecule has 0 saturated heterocycles. The quantitative estimate of drug-likeness (QED) is 0.265. The van der Waals surface area contributed by atoms with Gasteiger partial charge in [-0.3, -0.25) is 15.1 Å². The largest absolute Gasteiger partial charge is 0.415 e. The molecule has 2 aromatic rings. The average molecular weight is 467 g/mol. The highest BCUT2D eigenvalue weighted by atomic mass is 28.5. The molecule has 11 heteroatoms. The van der Waals surface area contributed by atoms with E-state index in [1.807, 2.05) is 51.4 Å². The van der Waals surface area contributed by atoms with Crippen LogP contribution >= 0.6 is 0 Å². The van der Waals surface area contributed by atoms with E-state index in [0.29, 0.717) is 13.2 Å². The number of benzene rings is 1. The molecule has 30 heavy (non-hydrogen) atoms. The first kappa shape index (κ1) is 24.5. The van der Waals surface area contributed by atoms with Gasteiger partial charge in [-0.15, -0.1) is 0 Å². The second-order valence-corrected chi connectivity index (χ2v) is 18.9. The maximum Gasteiger partial charge on any atom is 0.323 e. The lowest BCUT2D eigenvalue weighted by Gasteiger charge is -2.37. The fourth-order valence-electron chi connectivity index (χ4n) is 2.98. The van der Waals surface area contributed by atoms with Gasteiger partial charge in [-0.2, -0.15) is 0 Å². The van der Waals surface area contributed by atoms with E-state index >= 15 is 0 Å². The summed E-state index contributed by atoms with van der Waals surface area (Å²) < 4.78 is 24.9. The SMILES string of the molecule is C[Si](C)(OCc1ccc([N+](=O)[O-])cc1)O[Si](C)(C)O[Si](C)(C)OCc1cccnc1. The van der Waals surface area contributed by atoms with Crippen LogP contribution in [-0.2, 0) is 30.3 Å². The van der Waals surface area contributed by atoms with Gasteiger partial charge in [0.1, 0.15) is 0 Å². The van der Waals surface area contributed by atoms with E-state index in [9.17, 15) is 10.1 Å². The number of nitro benzene ring substituents is 1. The van der Waals surface area contributed by atoms with Crippen molar-refractivity contribution in [1.29, 1.82) is 0 Å². The molecule has 0 saturated carbocycles. The van der Waals surface area contributed by atoms with Crippen molar-refractivity contribution in [3.8, 4) is 0 Å². The molecule has 1 aromatic heterocycles. The zero-order valence-electron chi connectivity index (χ0n) is 18.4. The summed E-state index contributed by atoms with van der Waals surface area (Å²) in [6.07, 6.45) is 3.52. The van der Waals surface area contributed by atoms with E-state index in [1.165, 1.54) is 12.1 Å². The first-order chi connectivity index (χ1) is 13.9. The van der Waals surface area contributed by atoms with E-state index in [2.05, 4.69) is 4.98 Å². The van der Waals surface area contributed by atoms with E-state index in [-0.39, 0.29) is 5.69 Å². The summed E-state index contributed by atoms with van der Waals surface area (Å²) in [5, 5.41) is 10.8. The molecule has 1 aromatic carbocycles. The second-order valence-electron chi connectivity index (χ2n) is 8.27. The fraction of sp³-hybridized carbons (Fsp3) is 0.421. The average Bonchev–Trinajstić information content (AvgIpc) is 2.64. The summed E-state index contributed by atoms with van der Waals surface area (Å²) in [5.74, 6) is 0. The molecule has 0 fully saturated rings. The van der Waals surface area contributed by atoms with Crippen LogP contribution < -0.4 is 0 Å². The van der Waals surface area contributed by atoms with Gasteiger partial charge in [0.25, 0.3) is 5.69 Å². The number of rotatable bonds is 11. The number of nitrogens with zero attached hydrogens (tertiary/aromatic N) is 2. The van der Waals surface area contributed by atoms with Crippen molar-refractivity contribution >= 4 is 31.4 Å². The Bertz CT molecular complexity index is 832. The lowest BCUT2D eigenvalue weighted by atomic mass is 10.2. The van der Waals surface area contributed by atoms with Crippen molar-refractivity contribution < 1.29 is 22.0 Å². The second kappa shape index (κ2) is 10.0. The molecule has 8 nitrogen and oxygen atoms in total. The molecule has 0 N–H and O–H groups in total. The molecule has 0 unspecified atom stereocenters. The Labute approximate surface area is 181 Å². The van der Waals surface area contributed by atoms with Crippen LogP contribution in [0.5, 0.6) is 0 Å². The van der Waals surface area contributed by atoms with Crippen LogP contribution in [0.15, 0.2) is 48.8 Å². The maximum atomic E-state index is 10.8. The lowest BCUT2D eigenvalue weighted by Crippen LogP contribution is -2.54. The number of pyridine rings is 1. The van der Waals surface area contributed by atoms with Gasteiger partial charge in [-0.1, -0.05) is 6.07 Å². The Kier molecular flexibility index (Phi) is 8.21. The van der Waals surface area contributed by atoms with Crippen molar-refractivity contribution in [2.45, 2.75) is 52.5 Å². The van der Waals surface area contributed by atoms with Gasteiger partial charge in [0.15, 0.2) is 0 Å². The third-order valence-electron chi connectivity index (χ3n) is 4.03. The monoisotopic (exact) mass is 466 g/mol. The maximum absolute atomic E-state index is 10.8. The van der Waals surface area contributed by atoms with Crippen LogP contribution in [0.1, 0.15) is 11.1 Å². The standard InChI is InChI=1S/C19H30N2O6Si3/c1-28(2,24-15-17-9-11-19(12-10-17)21(22)23)26-30(5,6)27-29(3,4)25-16-18-8-7-13-20-14-18/h7-14H,15-16H2,1-6H3. The van der Waals surface area contributed by atoms with E-state index in [4.69, 9.17) is 17.1 Å². The van der Waals surface area contributed by atoms with Crippen LogP contribution in [0.25, 0.3) is 0 Å². The topological polar surface area (TPSA) is 93.0 Å². The lowest BCUT2D eigenvalue weighted by molar-refractivity contribution is -0.384. The molecule has 0 amide bonds.